The number of rotatable bonds is 1. The maximum atomic E-state index is 4.54. The minimum absolute atomic E-state index is 0.0420. The molecule has 4 heteroatoms. The molecule has 1 aliphatic rings. The Balaban J connectivity index is 2.06. The van der Waals surface area contributed by atoms with Crippen molar-refractivity contribution in [3.05, 3.63) is 17.5 Å². The van der Waals surface area contributed by atoms with Crippen LogP contribution in [-0.2, 0) is 12.5 Å². The van der Waals surface area contributed by atoms with Crippen molar-refractivity contribution in [1.29, 1.82) is 0 Å². The fourth-order valence-corrected chi connectivity index (χ4v) is 2.25. The number of hydrogen-bond donors (Lipinski definition) is 1. The van der Waals surface area contributed by atoms with Gasteiger partial charge in [-0.25, -0.2) is 0 Å². The van der Waals surface area contributed by atoms with Gasteiger partial charge in [-0.2, -0.15) is 5.10 Å². The van der Waals surface area contributed by atoms with Gasteiger partial charge in [-0.05, 0) is 0 Å². The molecule has 0 saturated carbocycles. The van der Waals surface area contributed by atoms with Crippen LogP contribution >= 0.6 is 0 Å². The van der Waals surface area contributed by atoms with Crippen molar-refractivity contribution < 1.29 is 0 Å². The quantitative estimate of drug-likeness (QED) is 0.764. The topological polar surface area (TPSA) is 33.1 Å². The van der Waals surface area contributed by atoms with Crippen LogP contribution in [0, 0.1) is 11.8 Å². The zero-order valence-electron chi connectivity index (χ0n) is 12.5. The third kappa shape index (κ3) is 3.82. The van der Waals surface area contributed by atoms with Crippen LogP contribution in [0.1, 0.15) is 32.0 Å². The molecule has 4 nitrogen and oxygen atoms in total. The Hall–Kier alpha value is -1.31. The van der Waals surface area contributed by atoms with E-state index in [4.69, 9.17) is 0 Å². The summed E-state index contributed by atoms with van der Waals surface area (Å²) in [5.74, 6) is 6.58. The van der Waals surface area contributed by atoms with Gasteiger partial charge in [-0.15, -0.1) is 0 Å². The predicted octanol–water partition coefficient (Wildman–Crippen LogP) is 0.974. The summed E-state index contributed by atoms with van der Waals surface area (Å²) in [7, 11) is 1.96. The monoisotopic (exact) mass is 260 g/mol. The molecule has 0 amide bonds. The number of piperazine rings is 1. The Kier molecular flexibility index (Phi) is 4.28. The Morgan fingerprint density at radius 2 is 2.00 bits per heavy atom. The van der Waals surface area contributed by atoms with Gasteiger partial charge in [0.15, 0.2) is 0 Å². The van der Waals surface area contributed by atoms with Crippen molar-refractivity contribution in [2.45, 2.75) is 26.2 Å². The molecule has 0 unspecified atom stereocenters. The second-order valence-electron chi connectivity index (χ2n) is 6.14. The summed E-state index contributed by atoms with van der Waals surface area (Å²) in [5.41, 5.74) is 2.19. The minimum Gasteiger partial charge on any atom is -0.314 e. The lowest BCUT2D eigenvalue weighted by molar-refractivity contribution is 0.268. The molecule has 0 radical (unpaired) electrons. The first-order valence-corrected chi connectivity index (χ1v) is 6.93. The second kappa shape index (κ2) is 5.77. The van der Waals surface area contributed by atoms with Gasteiger partial charge in [0.2, 0.25) is 0 Å². The highest BCUT2D eigenvalue weighted by Gasteiger charge is 2.20. The van der Waals surface area contributed by atoms with E-state index in [2.05, 4.69) is 47.9 Å². The van der Waals surface area contributed by atoms with Gasteiger partial charge >= 0.3 is 0 Å². The van der Waals surface area contributed by atoms with E-state index in [0.717, 1.165) is 44.0 Å². The van der Waals surface area contributed by atoms with Crippen molar-refractivity contribution >= 4 is 0 Å². The van der Waals surface area contributed by atoms with Crippen molar-refractivity contribution in [3.63, 3.8) is 0 Å². The number of hydrogen-bond acceptors (Lipinski definition) is 3. The Morgan fingerprint density at radius 1 is 1.32 bits per heavy atom. The van der Waals surface area contributed by atoms with Crippen molar-refractivity contribution in [2.75, 3.05) is 32.7 Å². The van der Waals surface area contributed by atoms with Gasteiger partial charge in [0.05, 0.1) is 17.8 Å². The molecule has 1 fully saturated rings. The van der Waals surface area contributed by atoms with Gasteiger partial charge < -0.3 is 5.32 Å². The highest BCUT2D eigenvalue weighted by molar-refractivity contribution is 5.39. The molecule has 1 N–H and O–H groups in total. The van der Waals surface area contributed by atoms with Gasteiger partial charge in [-0.3, -0.25) is 9.58 Å². The molecule has 104 valence electrons. The summed E-state index contributed by atoms with van der Waals surface area (Å²) in [6.45, 7) is 11.7. The summed E-state index contributed by atoms with van der Waals surface area (Å²) in [5, 5.41) is 7.89. The van der Waals surface area contributed by atoms with Crippen LogP contribution in [0.3, 0.4) is 0 Å². The third-order valence-corrected chi connectivity index (χ3v) is 3.27. The minimum atomic E-state index is 0.0420. The van der Waals surface area contributed by atoms with E-state index in [1.807, 2.05) is 17.9 Å². The van der Waals surface area contributed by atoms with Gasteiger partial charge in [0, 0.05) is 44.8 Å². The first-order chi connectivity index (χ1) is 8.97. The van der Waals surface area contributed by atoms with E-state index in [1.165, 1.54) is 0 Å². The molecule has 1 aromatic rings. The van der Waals surface area contributed by atoms with E-state index in [9.17, 15) is 0 Å². The van der Waals surface area contributed by atoms with Crippen LogP contribution in [0.15, 0.2) is 6.20 Å². The number of nitrogens with one attached hydrogen (secondary N) is 1. The van der Waals surface area contributed by atoms with E-state index >= 15 is 0 Å². The van der Waals surface area contributed by atoms with E-state index in [-0.39, 0.29) is 5.41 Å². The Morgan fingerprint density at radius 3 is 2.63 bits per heavy atom. The molecule has 0 aliphatic carbocycles. The molecule has 19 heavy (non-hydrogen) atoms. The molecule has 1 aromatic heterocycles. The maximum absolute atomic E-state index is 4.54. The molecule has 0 spiro atoms. The normalized spacial score (nSPS) is 17.1. The van der Waals surface area contributed by atoms with Crippen LogP contribution in [0.4, 0.5) is 0 Å². The molecular formula is C15H24N4. The van der Waals surface area contributed by atoms with Gasteiger partial charge in [-0.1, -0.05) is 32.6 Å². The number of aromatic nitrogens is 2. The fraction of sp³-hybridized carbons (Fsp3) is 0.667. The predicted molar refractivity (Wildman–Crippen MR) is 78.1 cm³/mol. The van der Waals surface area contributed by atoms with Crippen LogP contribution < -0.4 is 5.32 Å². The lowest BCUT2D eigenvalue weighted by Crippen LogP contribution is -2.43. The molecule has 1 saturated heterocycles. The molecule has 0 aromatic carbocycles. The molecule has 1 aliphatic heterocycles. The van der Waals surface area contributed by atoms with Crippen LogP contribution in [0.2, 0.25) is 0 Å². The van der Waals surface area contributed by atoms with E-state index < -0.39 is 0 Å². The summed E-state index contributed by atoms with van der Waals surface area (Å²) < 4.78 is 1.86. The Labute approximate surface area is 116 Å². The second-order valence-corrected chi connectivity index (χ2v) is 6.14. The van der Waals surface area contributed by atoms with E-state index in [1.54, 1.807) is 0 Å². The fourth-order valence-electron chi connectivity index (χ4n) is 2.25. The smallest absolute Gasteiger partial charge is 0.0834 e. The third-order valence-electron chi connectivity index (χ3n) is 3.27. The van der Waals surface area contributed by atoms with Gasteiger partial charge in [0.1, 0.15) is 0 Å². The summed E-state index contributed by atoms with van der Waals surface area (Å²) in [6.07, 6.45) is 2.02. The highest BCUT2D eigenvalue weighted by atomic mass is 15.3. The molecule has 0 bridgehead atoms. The number of aryl methyl sites for hydroxylation is 1. The SMILES string of the molecule is Cn1cc(C#CCN2CCNCC2)c(C(C)(C)C)n1. The molecule has 2 heterocycles. The average Bonchev–Trinajstić information content (AvgIpc) is 2.72. The van der Waals surface area contributed by atoms with Crippen molar-refractivity contribution in [3.8, 4) is 11.8 Å². The largest absolute Gasteiger partial charge is 0.314 e. The van der Waals surface area contributed by atoms with Crippen LogP contribution in [-0.4, -0.2) is 47.4 Å². The first-order valence-electron chi connectivity index (χ1n) is 6.93. The number of nitrogens with zero attached hydrogens (tertiary/aromatic N) is 3. The maximum Gasteiger partial charge on any atom is 0.0834 e. The zero-order valence-corrected chi connectivity index (χ0v) is 12.5. The zero-order chi connectivity index (χ0) is 13.9. The standard InChI is InChI=1S/C15H24N4/c1-15(2,3)14-13(12-18(4)17-14)6-5-9-19-10-7-16-8-11-19/h12,16H,7-11H2,1-4H3. The van der Waals surface area contributed by atoms with Crippen molar-refractivity contribution in [2.24, 2.45) is 7.05 Å². The first kappa shape index (κ1) is 14.1. The lowest BCUT2D eigenvalue weighted by atomic mass is 9.90. The molecule has 0 atom stereocenters. The highest BCUT2D eigenvalue weighted by Crippen LogP contribution is 2.23. The molecule has 2 rings (SSSR count). The lowest BCUT2D eigenvalue weighted by Gasteiger charge is -2.24. The van der Waals surface area contributed by atoms with Crippen LogP contribution in [0.25, 0.3) is 0 Å². The summed E-state index contributed by atoms with van der Waals surface area (Å²) in [4.78, 5) is 2.39. The van der Waals surface area contributed by atoms with Crippen LogP contribution in [0.5, 0.6) is 0 Å². The molecular weight excluding hydrogens is 236 g/mol. The van der Waals surface area contributed by atoms with E-state index in [0.29, 0.717) is 0 Å². The summed E-state index contributed by atoms with van der Waals surface area (Å²) in [6, 6.07) is 0. The summed E-state index contributed by atoms with van der Waals surface area (Å²) >= 11 is 0. The average molecular weight is 260 g/mol. The van der Waals surface area contributed by atoms with Gasteiger partial charge in [0.25, 0.3) is 0 Å². The van der Waals surface area contributed by atoms with Crippen molar-refractivity contribution in [1.82, 2.24) is 20.0 Å². The Bertz CT molecular complexity index is 478.